The molecule has 0 radical (unpaired) electrons. The van der Waals surface area contributed by atoms with E-state index < -0.39 is 5.97 Å². The Kier molecular flexibility index (Phi) is 4.60. The number of ether oxygens (including phenoxy) is 3. The normalized spacial score (nSPS) is 13.0. The third-order valence-corrected chi connectivity index (χ3v) is 4.16. The zero-order valence-corrected chi connectivity index (χ0v) is 14.2. The van der Waals surface area contributed by atoms with Crippen LogP contribution in [0.3, 0.4) is 0 Å². The first-order valence-corrected chi connectivity index (χ1v) is 7.87. The third-order valence-electron chi connectivity index (χ3n) is 4.16. The van der Waals surface area contributed by atoms with Crippen molar-refractivity contribution in [1.82, 2.24) is 0 Å². The fourth-order valence-corrected chi connectivity index (χ4v) is 3.04. The average molecular weight is 327 g/mol. The predicted octanol–water partition coefficient (Wildman–Crippen LogP) is 3.19. The first-order chi connectivity index (χ1) is 11.7. The first kappa shape index (κ1) is 16.2. The highest BCUT2D eigenvalue weighted by Crippen LogP contribution is 2.43. The highest BCUT2D eigenvalue weighted by atomic mass is 16.5. The number of aryl methyl sites for hydroxylation is 1. The van der Waals surface area contributed by atoms with Crippen LogP contribution >= 0.6 is 0 Å². The van der Waals surface area contributed by atoms with E-state index in [-0.39, 0.29) is 0 Å². The van der Waals surface area contributed by atoms with Crippen molar-refractivity contribution in [3.63, 3.8) is 0 Å². The Morgan fingerprint density at radius 3 is 2.67 bits per heavy atom. The van der Waals surface area contributed by atoms with Gasteiger partial charge in [0, 0.05) is 6.54 Å². The van der Waals surface area contributed by atoms with E-state index in [1.165, 1.54) is 12.7 Å². The quantitative estimate of drug-likeness (QED) is 0.807. The molecule has 0 aromatic heterocycles. The SMILES string of the molecule is COC(=O)c1c(OC)c(C)cc2c1OCCN2Cc1ccccc1. The van der Waals surface area contributed by atoms with Crippen molar-refractivity contribution in [3.05, 3.63) is 53.1 Å². The lowest BCUT2D eigenvalue weighted by molar-refractivity contribution is 0.0591. The van der Waals surface area contributed by atoms with Gasteiger partial charge < -0.3 is 19.1 Å². The van der Waals surface area contributed by atoms with Crippen molar-refractivity contribution in [2.75, 3.05) is 32.3 Å². The molecule has 0 atom stereocenters. The molecule has 0 bridgehead atoms. The Hall–Kier alpha value is -2.69. The summed E-state index contributed by atoms with van der Waals surface area (Å²) in [5.74, 6) is 0.585. The van der Waals surface area contributed by atoms with Crippen LogP contribution in [0.25, 0.3) is 0 Å². The van der Waals surface area contributed by atoms with E-state index >= 15 is 0 Å². The van der Waals surface area contributed by atoms with E-state index in [9.17, 15) is 4.79 Å². The molecule has 1 heterocycles. The van der Waals surface area contributed by atoms with Gasteiger partial charge in [-0.3, -0.25) is 0 Å². The van der Waals surface area contributed by atoms with Gasteiger partial charge in [0.05, 0.1) is 26.5 Å². The van der Waals surface area contributed by atoms with Crippen molar-refractivity contribution in [2.45, 2.75) is 13.5 Å². The van der Waals surface area contributed by atoms with E-state index in [2.05, 4.69) is 17.0 Å². The van der Waals surface area contributed by atoms with Crippen LogP contribution in [0.4, 0.5) is 5.69 Å². The largest absolute Gasteiger partial charge is 0.495 e. The molecular weight excluding hydrogens is 306 g/mol. The third kappa shape index (κ3) is 2.89. The number of anilines is 1. The monoisotopic (exact) mass is 327 g/mol. The van der Waals surface area contributed by atoms with E-state index in [1.807, 2.05) is 31.2 Å². The van der Waals surface area contributed by atoms with Crippen molar-refractivity contribution >= 4 is 11.7 Å². The molecule has 0 spiro atoms. The summed E-state index contributed by atoms with van der Waals surface area (Å²) in [5, 5.41) is 0. The summed E-state index contributed by atoms with van der Waals surface area (Å²) < 4.78 is 16.2. The molecule has 0 N–H and O–H groups in total. The number of hydrogen-bond donors (Lipinski definition) is 0. The zero-order chi connectivity index (χ0) is 17.1. The van der Waals surface area contributed by atoms with Gasteiger partial charge in [-0.2, -0.15) is 0 Å². The van der Waals surface area contributed by atoms with E-state index in [0.29, 0.717) is 23.7 Å². The number of benzene rings is 2. The van der Waals surface area contributed by atoms with Crippen LogP contribution in [0.15, 0.2) is 36.4 Å². The lowest BCUT2D eigenvalue weighted by Gasteiger charge is -2.33. The standard InChI is InChI=1S/C19H21NO4/c1-13-11-15-18(16(17(13)22-2)19(21)23-3)24-10-9-20(15)12-14-7-5-4-6-8-14/h4-8,11H,9-10,12H2,1-3H3. The van der Waals surface area contributed by atoms with Gasteiger partial charge >= 0.3 is 5.97 Å². The van der Waals surface area contributed by atoms with E-state index in [4.69, 9.17) is 14.2 Å². The van der Waals surface area contributed by atoms with Gasteiger partial charge in [0.2, 0.25) is 0 Å². The number of nitrogens with zero attached hydrogens (tertiary/aromatic N) is 1. The Balaban J connectivity index is 2.07. The topological polar surface area (TPSA) is 48.0 Å². The number of rotatable bonds is 4. The molecule has 3 rings (SSSR count). The molecule has 5 nitrogen and oxygen atoms in total. The number of fused-ring (bicyclic) bond motifs is 1. The molecule has 0 fully saturated rings. The summed E-state index contributed by atoms with van der Waals surface area (Å²) >= 11 is 0. The fourth-order valence-electron chi connectivity index (χ4n) is 3.04. The molecule has 0 aliphatic carbocycles. The van der Waals surface area contributed by atoms with Crippen molar-refractivity contribution in [3.8, 4) is 11.5 Å². The number of carbonyl (C=O) groups excluding carboxylic acids is 1. The minimum Gasteiger partial charge on any atom is -0.495 e. The van der Waals surface area contributed by atoms with Gasteiger partial charge in [-0.25, -0.2) is 4.79 Å². The maximum absolute atomic E-state index is 12.3. The van der Waals surface area contributed by atoms with Gasteiger partial charge in [-0.05, 0) is 24.1 Å². The van der Waals surface area contributed by atoms with Crippen molar-refractivity contribution < 1.29 is 19.0 Å². The summed E-state index contributed by atoms with van der Waals surface area (Å²) in [6, 6.07) is 12.2. The fraction of sp³-hybridized carbons (Fsp3) is 0.316. The lowest BCUT2D eigenvalue weighted by Crippen LogP contribution is -2.33. The first-order valence-electron chi connectivity index (χ1n) is 7.87. The number of hydrogen-bond acceptors (Lipinski definition) is 5. The van der Waals surface area contributed by atoms with Crippen molar-refractivity contribution in [2.24, 2.45) is 0 Å². The van der Waals surface area contributed by atoms with Crippen LogP contribution in [-0.4, -0.2) is 33.3 Å². The molecule has 0 unspecified atom stereocenters. The second kappa shape index (κ2) is 6.83. The van der Waals surface area contributed by atoms with E-state index in [0.717, 1.165) is 24.3 Å². The summed E-state index contributed by atoms with van der Waals surface area (Å²) in [6.45, 7) is 3.94. The maximum Gasteiger partial charge on any atom is 0.345 e. The van der Waals surface area contributed by atoms with Gasteiger partial charge in [0.1, 0.15) is 17.9 Å². The second-order valence-electron chi connectivity index (χ2n) is 5.70. The molecular formula is C19H21NO4. The Morgan fingerprint density at radius 1 is 1.25 bits per heavy atom. The molecule has 2 aromatic carbocycles. The van der Waals surface area contributed by atoms with Gasteiger partial charge in [0.15, 0.2) is 5.75 Å². The molecule has 1 aliphatic heterocycles. The zero-order valence-electron chi connectivity index (χ0n) is 14.2. The molecule has 126 valence electrons. The van der Waals surface area contributed by atoms with E-state index in [1.54, 1.807) is 7.11 Å². The summed E-state index contributed by atoms with van der Waals surface area (Å²) in [7, 11) is 2.91. The molecule has 0 saturated carbocycles. The highest BCUT2D eigenvalue weighted by molar-refractivity contribution is 5.99. The van der Waals surface area contributed by atoms with Crippen LogP contribution in [-0.2, 0) is 11.3 Å². The molecule has 2 aromatic rings. The predicted molar refractivity (Wildman–Crippen MR) is 92.1 cm³/mol. The minimum absolute atomic E-state index is 0.354. The smallest absolute Gasteiger partial charge is 0.345 e. The summed E-state index contributed by atoms with van der Waals surface area (Å²) in [4.78, 5) is 14.5. The van der Waals surface area contributed by atoms with Gasteiger partial charge in [-0.1, -0.05) is 30.3 Å². The van der Waals surface area contributed by atoms with Crippen LogP contribution in [0.1, 0.15) is 21.5 Å². The minimum atomic E-state index is -0.451. The van der Waals surface area contributed by atoms with Crippen LogP contribution in [0.2, 0.25) is 0 Å². The Bertz CT molecular complexity index is 743. The summed E-state index contributed by atoms with van der Waals surface area (Å²) in [6.07, 6.45) is 0. The number of esters is 1. The second-order valence-corrected chi connectivity index (χ2v) is 5.70. The van der Waals surface area contributed by atoms with Crippen LogP contribution < -0.4 is 14.4 Å². The average Bonchev–Trinajstić information content (AvgIpc) is 2.61. The molecule has 24 heavy (non-hydrogen) atoms. The summed E-state index contributed by atoms with van der Waals surface area (Å²) in [5.41, 5.74) is 3.33. The molecule has 0 saturated heterocycles. The lowest BCUT2D eigenvalue weighted by atomic mass is 10.0. The van der Waals surface area contributed by atoms with Gasteiger partial charge in [0.25, 0.3) is 0 Å². The molecule has 1 aliphatic rings. The molecule has 5 heteroatoms. The Morgan fingerprint density at radius 2 is 2.00 bits per heavy atom. The Labute approximate surface area is 141 Å². The maximum atomic E-state index is 12.3. The van der Waals surface area contributed by atoms with Gasteiger partial charge in [-0.15, -0.1) is 0 Å². The van der Waals surface area contributed by atoms with Crippen LogP contribution in [0, 0.1) is 6.92 Å². The van der Waals surface area contributed by atoms with Crippen molar-refractivity contribution in [1.29, 1.82) is 0 Å². The highest BCUT2D eigenvalue weighted by Gasteiger charge is 2.29. The number of methoxy groups -OCH3 is 2. The molecule has 0 amide bonds. The van der Waals surface area contributed by atoms with Crippen LogP contribution in [0.5, 0.6) is 11.5 Å². The number of carbonyl (C=O) groups is 1.